The molecule has 0 spiro atoms. The van der Waals surface area contributed by atoms with Crippen LogP contribution < -0.4 is 5.32 Å². The maximum absolute atomic E-state index is 12.9. The largest absolute Gasteiger partial charge is 0.403 e. The van der Waals surface area contributed by atoms with Crippen LogP contribution >= 0.6 is 0 Å². The Kier molecular flexibility index (Phi) is 6.10. The van der Waals surface area contributed by atoms with Gasteiger partial charge in [0, 0.05) is 36.6 Å². The quantitative estimate of drug-likeness (QED) is 0.623. The van der Waals surface area contributed by atoms with E-state index in [0.717, 1.165) is 32.1 Å². The summed E-state index contributed by atoms with van der Waals surface area (Å²) in [5, 5.41) is 10.2. The van der Waals surface area contributed by atoms with Crippen molar-refractivity contribution in [2.75, 3.05) is 12.4 Å². The summed E-state index contributed by atoms with van der Waals surface area (Å²) >= 11 is 0. The van der Waals surface area contributed by atoms with Gasteiger partial charge in [0.1, 0.15) is 0 Å². The Balaban J connectivity index is 1.44. The van der Waals surface area contributed by atoms with E-state index in [0.29, 0.717) is 5.56 Å². The Hall–Kier alpha value is -3.11. The highest BCUT2D eigenvalue weighted by Crippen LogP contribution is 2.26. The van der Waals surface area contributed by atoms with Gasteiger partial charge in [-0.05, 0) is 49.2 Å². The maximum atomic E-state index is 12.9. The first-order chi connectivity index (χ1) is 14.9. The highest BCUT2D eigenvalue weighted by Gasteiger charge is 2.29. The fraction of sp³-hybridized carbons (Fsp3) is 0.333. The first-order valence-corrected chi connectivity index (χ1v) is 11.5. The third kappa shape index (κ3) is 4.64. The summed E-state index contributed by atoms with van der Waals surface area (Å²) in [5.74, 6) is -0.223. The van der Waals surface area contributed by atoms with Gasteiger partial charge in [0.15, 0.2) is 0 Å². The van der Waals surface area contributed by atoms with Gasteiger partial charge in [-0.2, -0.15) is 4.31 Å². The van der Waals surface area contributed by atoms with Crippen LogP contribution in [0.15, 0.2) is 58.1 Å². The van der Waals surface area contributed by atoms with E-state index < -0.39 is 15.9 Å². The molecule has 0 atom stereocenters. The Labute approximate surface area is 180 Å². The highest BCUT2D eigenvalue weighted by molar-refractivity contribution is 7.89. The molecule has 1 amide bonds. The number of rotatable bonds is 6. The van der Waals surface area contributed by atoms with Crippen molar-refractivity contribution in [1.29, 1.82) is 0 Å². The fourth-order valence-electron chi connectivity index (χ4n) is 3.64. The number of carbonyl (C=O) groups excluding carboxylic acids is 1. The third-order valence-corrected chi connectivity index (χ3v) is 7.38. The van der Waals surface area contributed by atoms with Crippen LogP contribution in [0.5, 0.6) is 0 Å². The number of nitrogens with one attached hydrogen (secondary N) is 1. The number of pyridine rings is 1. The summed E-state index contributed by atoms with van der Waals surface area (Å²) in [7, 11) is -1.98. The molecule has 1 aromatic carbocycles. The second kappa shape index (κ2) is 8.94. The van der Waals surface area contributed by atoms with Gasteiger partial charge in [-0.1, -0.05) is 24.4 Å². The van der Waals surface area contributed by atoms with Gasteiger partial charge in [-0.15, -0.1) is 5.10 Å². The SMILES string of the molecule is CN(C1CCCCC1)S(=O)(=O)c1ccc(C(=O)Nc2nnc(-c3ccncc3)o2)cc1. The van der Waals surface area contributed by atoms with Crippen LogP contribution in [0.4, 0.5) is 6.01 Å². The molecule has 2 aromatic heterocycles. The van der Waals surface area contributed by atoms with Gasteiger partial charge in [-0.3, -0.25) is 15.1 Å². The Bertz CT molecular complexity index is 1140. The van der Waals surface area contributed by atoms with Crippen molar-refractivity contribution in [1.82, 2.24) is 19.5 Å². The number of benzene rings is 1. The van der Waals surface area contributed by atoms with Crippen molar-refractivity contribution in [3.63, 3.8) is 0 Å². The van der Waals surface area contributed by atoms with Crippen molar-refractivity contribution in [2.45, 2.75) is 43.0 Å². The van der Waals surface area contributed by atoms with Crippen LogP contribution in [-0.2, 0) is 10.0 Å². The topological polar surface area (TPSA) is 118 Å². The number of anilines is 1. The van der Waals surface area contributed by atoms with Crippen molar-refractivity contribution < 1.29 is 17.6 Å². The molecule has 0 aliphatic heterocycles. The smallest absolute Gasteiger partial charge is 0.322 e. The van der Waals surface area contributed by atoms with Crippen molar-refractivity contribution in [3.8, 4) is 11.5 Å². The predicted octanol–water partition coefficient (Wildman–Crippen LogP) is 3.34. The molecule has 2 heterocycles. The molecule has 9 nitrogen and oxygen atoms in total. The number of hydrogen-bond acceptors (Lipinski definition) is 7. The lowest BCUT2D eigenvalue weighted by atomic mass is 9.96. The zero-order chi connectivity index (χ0) is 21.8. The molecule has 162 valence electrons. The lowest BCUT2D eigenvalue weighted by Gasteiger charge is -2.30. The molecular weight excluding hydrogens is 418 g/mol. The molecular formula is C21H23N5O4S. The Morgan fingerprint density at radius 1 is 1.03 bits per heavy atom. The molecule has 0 radical (unpaired) electrons. The molecule has 1 aliphatic carbocycles. The average molecular weight is 442 g/mol. The zero-order valence-corrected chi connectivity index (χ0v) is 17.9. The van der Waals surface area contributed by atoms with Crippen LogP contribution in [0, 0.1) is 0 Å². The number of hydrogen-bond donors (Lipinski definition) is 1. The number of carbonyl (C=O) groups is 1. The van der Waals surface area contributed by atoms with E-state index >= 15 is 0 Å². The van der Waals surface area contributed by atoms with Crippen LogP contribution in [0.3, 0.4) is 0 Å². The molecule has 1 N–H and O–H groups in total. The number of amides is 1. The van der Waals surface area contributed by atoms with E-state index in [-0.39, 0.29) is 28.4 Å². The monoisotopic (exact) mass is 441 g/mol. The minimum Gasteiger partial charge on any atom is -0.403 e. The molecule has 1 aliphatic rings. The van der Waals surface area contributed by atoms with Gasteiger partial charge in [-0.25, -0.2) is 8.42 Å². The second-order valence-electron chi connectivity index (χ2n) is 7.44. The molecule has 1 saturated carbocycles. The minimum atomic E-state index is -3.61. The van der Waals surface area contributed by atoms with Crippen molar-refractivity contribution >= 4 is 21.9 Å². The summed E-state index contributed by atoms with van der Waals surface area (Å²) in [6.45, 7) is 0. The maximum Gasteiger partial charge on any atom is 0.322 e. The van der Waals surface area contributed by atoms with Crippen molar-refractivity contribution in [2.24, 2.45) is 0 Å². The fourth-order valence-corrected chi connectivity index (χ4v) is 5.06. The predicted molar refractivity (Wildman–Crippen MR) is 114 cm³/mol. The lowest BCUT2D eigenvalue weighted by molar-refractivity contribution is 0.102. The van der Waals surface area contributed by atoms with Crippen LogP contribution in [0.1, 0.15) is 42.5 Å². The van der Waals surface area contributed by atoms with Gasteiger partial charge < -0.3 is 4.42 Å². The van der Waals surface area contributed by atoms with E-state index in [9.17, 15) is 13.2 Å². The van der Waals surface area contributed by atoms with Crippen molar-refractivity contribution in [3.05, 3.63) is 54.4 Å². The third-order valence-electron chi connectivity index (χ3n) is 5.46. The summed E-state index contributed by atoms with van der Waals surface area (Å²) in [6, 6.07) is 9.22. The van der Waals surface area contributed by atoms with E-state index in [1.54, 1.807) is 31.6 Å². The summed E-state index contributed by atoms with van der Waals surface area (Å²) < 4.78 is 32.8. The first-order valence-electron chi connectivity index (χ1n) is 10.1. The van der Waals surface area contributed by atoms with Gasteiger partial charge >= 0.3 is 6.01 Å². The normalized spacial score (nSPS) is 15.2. The van der Waals surface area contributed by atoms with Gasteiger partial charge in [0.25, 0.3) is 5.91 Å². The second-order valence-corrected chi connectivity index (χ2v) is 9.44. The minimum absolute atomic E-state index is 0.0221. The van der Waals surface area contributed by atoms with Crippen LogP contribution in [-0.4, -0.2) is 46.9 Å². The summed E-state index contributed by atoms with van der Waals surface area (Å²) in [4.78, 5) is 16.6. The molecule has 0 unspecified atom stereocenters. The molecule has 0 saturated heterocycles. The number of aromatic nitrogens is 3. The number of sulfonamides is 1. The number of nitrogens with zero attached hydrogens (tertiary/aromatic N) is 4. The molecule has 4 rings (SSSR count). The average Bonchev–Trinajstić information content (AvgIpc) is 3.28. The van der Waals surface area contributed by atoms with Crippen LogP contribution in [0.25, 0.3) is 11.5 Å². The molecule has 10 heteroatoms. The van der Waals surface area contributed by atoms with E-state index in [1.165, 1.54) is 28.6 Å². The summed E-state index contributed by atoms with van der Waals surface area (Å²) in [5.41, 5.74) is 0.961. The zero-order valence-electron chi connectivity index (χ0n) is 17.1. The Morgan fingerprint density at radius 3 is 2.39 bits per heavy atom. The first kappa shape index (κ1) is 21.1. The van der Waals surface area contributed by atoms with E-state index in [4.69, 9.17) is 4.42 Å². The molecule has 31 heavy (non-hydrogen) atoms. The van der Waals surface area contributed by atoms with E-state index in [2.05, 4.69) is 20.5 Å². The lowest BCUT2D eigenvalue weighted by Crippen LogP contribution is -2.38. The standard InChI is InChI=1S/C21H23N5O4S/c1-26(17-5-3-2-4-6-17)31(28,29)18-9-7-15(8-10-18)19(27)23-21-25-24-20(30-21)16-11-13-22-14-12-16/h7-14,17H,2-6H2,1H3,(H,23,25,27). The molecule has 1 fully saturated rings. The van der Waals surface area contributed by atoms with Crippen LogP contribution in [0.2, 0.25) is 0 Å². The Morgan fingerprint density at radius 2 is 1.71 bits per heavy atom. The highest BCUT2D eigenvalue weighted by atomic mass is 32.2. The molecule has 0 bridgehead atoms. The van der Waals surface area contributed by atoms with Gasteiger partial charge in [0.2, 0.25) is 15.9 Å². The van der Waals surface area contributed by atoms with Gasteiger partial charge in [0.05, 0.1) is 4.90 Å². The summed E-state index contributed by atoms with van der Waals surface area (Å²) in [6.07, 6.45) is 8.19. The molecule has 3 aromatic rings. The van der Waals surface area contributed by atoms with E-state index in [1.807, 2.05) is 0 Å².